The van der Waals surface area contributed by atoms with Crippen molar-refractivity contribution >= 4 is 5.97 Å². The molecule has 3 aliphatic rings. The topological polar surface area (TPSA) is 76.0 Å². The molecule has 2 N–H and O–H groups in total. The van der Waals surface area contributed by atoms with Crippen LogP contribution in [0.3, 0.4) is 0 Å². The Hall–Kier alpha value is -1.69. The van der Waals surface area contributed by atoms with Gasteiger partial charge in [0.05, 0.1) is 6.10 Å². The van der Waals surface area contributed by atoms with Crippen LogP contribution in [0.5, 0.6) is 0 Å². The van der Waals surface area contributed by atoms with E-state index in [-0.39, 0.29) is 31.0 Å². The van der Waals surface area contributed by atoms with Crippen LogP contribution in [0.1, 0.15) is 85.5 Å². The number of rotatable bonds is 8. The lowest BCUT2D eigenvalue weighted by Gasteiger charge is -2.41. The Morgan fingerprint density at radius 1 is 1.30 bits per heavy atom. The Labute approximate surface area is 199 Å². The number of hydrogen-bond acceptors (Lipinski definition) is 5. The van der Waals surface area contributed by atoms with E-state index in [2.05, 4.69) is 32.6 Å². The molecule has 2 saturated carbocycles. The van der Waals surface area contributed by atoms with Crippen LogP contribution < -0.4 is 0 Å². The van der Waals surface area contributed by atoms with Crippen LogP contribution in [-0.4, -0.2) is 40.8 Å². The fourth-order valence-corrected chi connectivity index (χ4v) is 5.93. The van der Waals surface area contributed by atoms with Crippen LogP contribution in [-0.2, 0) is 14.3 Å². The van der Waals surface area contributed by atoms with E-state index in [1.54, 1.807) is 5.57 Å². The van der Waals surface area contributed by atoms with Gasteiger partial charge < -0.3 is 19.7 Å². The lowest BCUT2D eigenvalue weighted by molar-refractivity contribution is -0.226. The minimum atomic E-state index is -1.62. The second-order valence-electron chi connectivity index (χ2n) is 10.2. The van der Waals surface area contributed by atoms with Crippen LogP contribution >= 0.6 is 0 Å². The monoisotopic (exact) mass is 458 g/mol. The van der Waals surface area contributed by atoms with E-state index in [0.717, 1.165) is 37.7 Å². The van der Waals surface area contributed by atoms with E-state index in [1.807, 2.05) is 19.9 Å². The molecule has 0 amide bonds. The predicted molar refractivity (Wildman–Crippen MR) is 130 cm³/mol. The molecular formula is C28H42O5. The molecule has 0 spiro atoms. The van der Waals surface area contributed by atoms with Gasteiger partial charge in [-0.15, -0.1) is 0 Å². The Bertz CT molecular complexity index is 833. The van der Waals surface area contributed by atoms with E-state index in [9.17, 15) is 15.0 Å². The zero-order chi connectivity index (χ0) is 24.2. The van der Waals surface area contributed by atoms with Gasteiger partial charge in [0.1, 0.15) is 12.7 Å². The van der Waals surface area contributed by atoms with Crippen molar-refractivity contribution in [2.45, 2.75) is 103 Å². The third-order valence-electron chi connectivity index (χ3n) is 8.05. The molecule has 3 aliphatic carbocycles. The number of ether oxygens (including phenoxy) is 2. The quantitative estimate of drug-likeness (QED) is 0.284. The minimum absolute atomic E-state index is 0.0114. The highest BCUT2D eigenvalue weighted by Gasteiger charge is 2.44. The molecular weight excluding hydrogens is 416 g/mol. The van der Waals surface area contributed by atoms with E-state index in [4.69, 9.17) is 9.47 Å². The van der Waals surface area contributed by atoms with Gasteiger partial charge in [0, 0.05) is 12.8 Å². The molecule has 184 valence electrons. The summed E-state index contributed by atoms with van der Waals surface area (Å²) in [4.78, 5) is 12.1. The number of aliphatic hydroxyl groups excluding tert-OH is 1. The van der Waals surface area contributed by atoms with Crippen molar-refractivity contribution in [2.24, 2.45) is 11.3 Å². The van der Waals surface area contributed by atoms with Crippen molar-refractivity contribution in [3.8, 4) is 0 Å². The normalized spacial score (nSPS) is 34.6. The summed E-state index contributed by atoms with van der Waals surface area (Å²) >= 11 is 0. The molecule has 0 heterocycles. The molecule has 0 radical (unpaired) electrons. The molecule has 5 heteroatoms. The van der Waals surface area contributed by atoms with Crippen LogP contribution in [0.15, 0.2) is 47.1 Å². The van der Waals surface area contributed by atoms with Crippen molar-refractivity contribution in [3.63, 3.8) is 0 Å². The smallest absolute Gasteiger partial charge is 0.332 e. The summed E-state index contributed by atoms with van der Waals surface area (Å²) < 4.78 is 11.0. The zero-order valence-corrected chi connectivity index (χ0v) is 20.9. The fourth-order valence-electron chi connectivity index (χ4n) is 5.93. The molecule has 2 fully saturated rings. The first-order valence-corrected chi connectivity index (χ1v) is 12.7. The number of carbonyl (C=O) groups excluding carboxylic acids is 1. The van der Waals surface area contributed by atoms with Gasteiger partial charge in [-0.25, -0.2) is 4.79 Å². The first kappa shape index (κ1) is 25.9. The second-order valence-corrected chi connectivity index (χ2v) is 10.2. The Morgan fingerprint density at radius 2 is 2.03 bits per heavy atom. The molecule has 0 unspecified atom stereocenters. The second kappa shape index (κ2) is 10.7. The summed E-state index contributed by atoms with van der Waals surface area (Å²) in [6.45, 7) is 12.3. The van der Waals surface area contributed by atoms with Crippen molar-refractivity contribution in [2.75, 3.05) is 6.61 Å². The van der Waals surface area contributed by atoms with Crippen molar-refractivity contribution in [3.05, 3.63) is 47.1 Å². The number of hydrogen-bond donors (Lipinski definition) is 2. The molecule has 0 saturated heterocycles. The summed E-state index contributed by atoms with van der Waals surface area (Å²) in [7, 11) is 0. The molecule has 3 rings (SSSR count). The fraction of sp³-hybridized carbons (Fsp3) is 0.679. The molecule has 0 aromatic heterocycles. The molecule has 0 bridgehead atoms. The number of carbonyl (C=O) groups is 1. The first-order chi connectivity index (χ1) is 15.7. The average molecular weight is 459 g/mol. The van der Waals surface area contributed by atoms with Crippen LogP contribution in [0.4, 0.5) is 0 Å². The van der Waals surface area contributed by atoms with Gasteiger partial charge in [-0.1, -0.05) is 63.6 Å². The van der Waals surface area contributed by atoms with Crippen molar-refractivity contribution in [1.82, 2.24) is 0 Å². The maximum absolute atomic E-state index is 12.1. The van der Waals surface area contributed by atoms with E-state index in [1.165, 1.54) is 18.4 Å². The third-order valence-corrected chi connectivity index (χ3v) is 8.05. The summed E-state index contributed by atoms with van der Waals surface area (Å²) in [6, 6.07) is 0. The van der Waals surface area contributed by atoms with E-state index >= 15 is 0 Å². The molecule has 0 aromatic rings. The Balaban J connectivity index is 1.71. The Morgan fingerprint density at radius 3 is 2.70 bits per heavy atom. The van der Waals surface area contributed by atoms with E-state index < -0.39 is 17.9 Å². The first-order valence-electron chi connectivity index (χ1n) is 12.7. The summed E-state index contributed by atoms with van der Waals surface area (Å²) in [5, 5.41) is 21.6. The summed E-state index contributed by atoms with van der Waals surface area (Å²) in [5.41, 5.74) is 4.64. The van der Waals surface area contributed by atoms with Gasteiger partial charge in [-0.3, -0.25) is 0 Å². The highest BCUT2D eigenvalue weighted by Crippen LogP contribution is 2.55. The maximum atomic E-state index is 12.1. The zero-order valence-electron chi connectivity index (χ0n) is 20.9. The summed E-state index contributed by atoms with van der Waals surface area (Å²) in [5.74, 6) is -1.59. The number of fused-ring (bicyclic) bond motifs is 1. The number of allylic oxidation sites excluding steroid dienone is 5. The number of aliphatic hydroxyl groups is 2. The standard InChI is InChI=1S/C28H42O5/c1-6-22-13-14-24-20(10-9-15-27(22,24)5)11-12-21-16-28(31,17-25(29)19(21)4)32-18-26(30)33-23(7-2)8-3/h11-13,23-25,29,31H,4,6-10,14-18H2,1-3,5H3/t24-,25+,27-,28+/m1/s1. The molecule has 5 nitrogen and oxygen atoms in total. The highest BCUT2D eigenvalue weighted by atomic mass is 16.6. The van der Waals surface area contributed by atoms with Gasteiger partial charge in [-0.05, 0) is 67.4 Å². The molecule has 4 atom stereocenters. The molecule has 0 aliphatic heterocycles. The largest absolute Gasteiger partial charge is 0.461 e. The lowest BCUT2D eigenvalue weighted by atomic mass is 9.64. The third kappa shape index (κ3) is 5.70. The van der Waals surface area contributed by atoms with Gasteiger partial charge in [0.25, 0.3) is 0 Å². The van der Waals surface area contributed by atoms with Gasteiger partial charge in [0.15, 0.2) is 5.79 Å². The van der Waals surface area contributed by atoms with Gasteiger partial charge >= 0.3 is 5.97 Å². The van der Waals surface area contributed by atoms with Crippen LogP contribution in [0.25, 0.3) is 0 Å². The molecule has 0 aromatic carbocycles. The van der Waals surface area contributed by atoms with Crippen molar-refractivity contribution in [1.29, 1.82) is 0 Å². The lowest BCUT2D eigenvalue weighted by Crippen LogP contribution is -2.43. The highest BCUT2D eigenvalue weighted by molar-refractivity contribution is 5.71. The van der Waals surface area contributed by atoms with E-state index in [0.29, 0.717) is 11.5 Å². The Kier molecular flexibility index (Phi) is 8.41. The minimum Gasteiger partial charge on any atom is -0.461 e. The summed E-state index contributed by atoms with van der Waals surface area (Å²) in [6.07, 6.45) is 12.9. The maximum Gasteiger partial charge on any atom is 0.332 e. The van der Waals surface area contributed by atoms with Gasteiger partial charge in [-0.2, -0.15) is 0 Å². The van der Waals surface area contributed by atoms with Crippen LogP contribution in [0, 0.1) is 11.3 Å². The SMILES string of the molecule is C=C1C(=CC=C2CCC[C@]3(C)C(CC)=CC[C@H]23)C[C@](O)(OCC(=O)OC(CC)CC)C[C@@H]1O. The average Bonchev–Trinajstić information content (AvgIpc) is 3.14. The van der Waals surface area contributed by atoms with Gasteiger partial charge in [0.2, 0.25) is 0 Å². The van der Waals surface area contributed by atoms with Crippen LogP contribution in [0.2, 0.25) is 0 Å². The number of esters is 1. The van der Waals surface area contributed by atoms with Crippen molar-refractivity contribution < 1.29 is 24.5 Å². The molecule has 33 heavy (non-hydrogen) atoms. The predicted octanol–water partition coefficient (Wildman–Crippen LogP) is 5.53.